The van der Waals surface area contributed by atoms with Gasteiger partial charge in [0.1, 0.15) is 18.2 Å². The van der Waals surface area contributed by atoms with Crippen molar-refractivity contribution in [2.45, 2.75) is 50.3 Å². The number of hydrogen-bond donors (Lipinski definition) is 0. The number of esters is 2. The van der Waals surface area contributed by atoms with Crippen LogP contribution in [-0.4, -0.2) is 85.4 Å². The second-order valence-corrected chi connectivity index (χ2v) is 8.09. The maximum atomic E-state index is 13.3. The van der Waals surface area contributed by atoms with Gasteiger partial charge in [-0.25, -0.2) is 4.79 Å². The Labute approximate surface area is 195 Å². The molecule has 1 unspecified atom stereocenters. The normalized spacial score (nSPS) is 32.6. The van der Waals surface area contributed by atoms with Crippen LogP contribution in [0, 0.1) is 0 Å². The van der Waals surface area contributed by atoms with Gasteiger partial charge in [0.15, 0.2) is 12.4 Å². The minimum Gasteiger partial charge on any atom is -0.465 e. The predicted molar refractivity (Wildman–Crippen MR) is 112 cm³/mol. The number of fused-ring (bicyclic) bond motifs is 2. The molecule has 34 heavy (non-hydrogen) atoms. The van der Waals surface area contributed by atoms with Crippen LogP contribution in [0.5, 0.6) is 0 Å². The van der Waals surface area contributed by atoms with Gasteiger partial charge < -0.3 is 28.4 Å². The van der Waals surface area contributed by atoms with Crippen molar-refractivity contribution >= 4 is 23.8 Å². The molecule has 0 saturated carbocycles. The number of ether oxygens (including phenoxy) is 6. The summed E-state index contributed by atoms with van der Waals surface area (Å²) in [5.41, 5.74) is 0.400. The molecular weight excluding hydrogens is 450 g/mol. The highest BCUT2D eigenvalue weighted by molar-refractivity contribution is 6.21. The molecule has 0 radical (unpaired) electrons. The summed E-state index contributed by atoms with van der Waals surface area (Å²) in [6.45, 7) is 6.05. The number of carbonyl (C=O) groups excluding carboxylic acids is 4. The van der Waals surface area contributed by atoms with Crippen LogP contribution in [0.4, 0.5) is 0 Å². The van der Waals surface area contributed by atoms with Gasteiger partial charge in [-0.15, -0.1) is 6.58 Å². The van der Waals surface area contributed by atoms with Gasteiger partial charge in [0, 0.05) is 13.8 Å². The Hall–Kier alpha value is -3.12. The van der Waals surface area contributed by atoms with Gasteiger partial charge in [-0.2, -0.15) is 0 Å². The summed E-state index contributed by atoms with van der Waals surface area (Å²) in [4.78, 5) is 52.0. The molecule has 11 heteroatoms. The van der Waals surface area contributed by atoms with Gasteiger partial charge in [-0.3, -0.25) is 19.3 Å². The van der Waals surface area contributed by atoms with Gasteiger partial charge in [0.2, 0.25) is 0 Å². The molecule has 0 aliphatic carbocycles. The third-order valence-corrected chi connectivity index (χ3v) is 5.86. The zero-order chi connectivity index (χ0) is 24.6. The standard InChI is InChI=1S/C23H25NO10/c1-5-10-30-21-16(24-19(26)13-8-6-7-9-14(13)20(24)27)18(32-12(2)25)17-15(33-21)11-31-23(3,34-17)22(28)29-4/h5-9,15-18,21H,1,10-11H2,2-4H3/t15-,16-,17-,18-,21-,23?/m1/s1. The lowest BCUT2D eigenvalue weighted by Gasteiger charge is -2.51. The van der Waals surface area contributed by atoms with E-state index in [1.54, 1.807) is 12.1 Å². The lowest BCUT2D eigenvalue weighted by Crippen LogP contribution is -2.71. The summed E-state index contributed by atoms with van der Waals surface area (Å²) in [5, 5.41) is 0. The van der Waals surface area contributed by atoms with E-state index in [0.717, 1.165) is 4.90 Å². The van der Waals surface area contributed by atoms with E-state index in [9.17, 15) is 19.2 Å². The number of benzene rings is 1. The van der Waals surface area contributed by atoms with Crippen molar-refractivity contribution in [2.75, 3.05) is 20.3 Å². The number of methoxy groups -OCH3 is 1. The van der Waals surface area contributed by atoms with E-state index in [-0.39, 0.29) is 24.3 Å². The van der Waals surface area contributed by atoms with Crippen LogP contribution in [-0.2, 0) is 38.0 Å². The molecule has 0 aromatic heterocycles. The van der Waals surface area contributed by atoms with Crippen molar-refractivity contribution in [1.82, 2.24) is 4.90 Å². The zero-order valence-corrected chi connectivity index (χ0v) is 18.9. The predicted octanol–water partition coefficient (Wildman–Crippen LogP) is 0.815. The van der Waals surface area contributed by atoms with Crippen LogP contribution in [0.15, 0.2) is 36.9 Å². The number of hydrogen-bond acceptors (Lipinski definition) is 10. The summed E-state index contributed by atoms with van der Waals surface area (Å²) in [6.07, 6.45) is -2.89. The molecule has 1 aromatic rings. The summed E-state index contributed by atoms with van der Waals surface area (Å²) in [7, 11) is 1.17. The van der Waals surface area contributed by atoms with Crippen LogP contribution in [0.3, 0.4) is 0 Å². The fraction of sp³-hybridized carbons (Fsp3) is 0.478. The van der Waals surface area contributed by atoms with Crippen molar-refractivity contribution in [2.24, 2.45) is 0 Å². The van der Waals surface area contributed by atoms with Crippen LogP contribution in [0.1, 0.15) is 34.6 Å². The molecule has 0 bridgehead atoms. The molecule has 4 rings (SSSR count). The van der Waals surface area contributed by atoms with E-state index in [1.807, 2.05) is 0 Å². The summed E-state index contributed by atoms with van der Waals surface area (Å²) >= 11 is 0. The number of amides is 2. The molecule has 182 valence electrons. The quantitative estimate of drug-likeness (QED) is 0.331. The number of rotatable bonds is 6. The van der Waals surface area contributed by atoms with Gasteiger partial charge in [-0.05, 0) is 12.1 Å². The highest BCUT2D eigenvalue weighted by Gasteiger charge is 2.60. The van der Waals surface area contributed by atoms with Gasteiger partial charge >= 0.3 is 11.9 Å². The zero-order valence-electron chi connectivity index (χ0n) is 18.9. The molecule has 3 aliphatic heterocycles. The summed E-state index contributed by atoms with van der Waals surface area (Å²) in [5.74, 6) is -4.52. The first-order valence-corrected chi connectivity index (χ1v) is 10.6. The first kappa shape index (κ1) is 24.0. The topological polar surface area (TPSA) is 127 Å². The minimum absolute atomic E-state index is 0.0239. The average Bonchev–Trinajstić information content (AvgIpc) is 3.07. The highest BCUT2D eigenvalue weighted by atomic mass is 16.8. The first-order valence-electron chi connectivity index (χ1n) is 10.6. The molecule has 2 saturated heterocycles. The maximum absolute atomic E-state index is 13.3. The smallest absolute Gasteiger partial charge is 0.366 e. The minimum atomic E-state index is -1.82. The number of imide groups is 1. The molecule has 0 spiro atoms. The van der Waals surface area contributed by atoms with E-state index in [1.165, 1.54) is 39.2 Å². The molecule has 3 aliphatic rings. The molecule has 2 amide bonds. The molecule has 11 nitrogen and oxygen atoms in total. The van der Waals surface area contributed by atoms with Gasteiger partial charge in [0.25, 0.3) is 17.6 Å². The Balaban J connectivity index is 1.77. The lowest BCUT2D eigenvalue weighted by molar-refractivity contribution is -0.369. The molecule has 0 N–H and O–H groups in total. The van der Waals surface area contributed by atoms with Crippen molar-refractivity contribution in [3.05, 3.63) is 48.0 Å². The fourth-order valence-electron chi connectivity index (χ4n) is 4.37. The number of nitrogens with zero attached hydrogens (tertiary/aromatic N) is 1. The average molecular weight is 475 g/mol. The highest BCUT2D eigenvalue weighted by Crippen LogP contribution is 2.39. The van der Waals surface area contributed by atoms with E-state index in [0.29, 0.717) is 0 Å². The summed E-state index contributed by atoms with van der Waals surface area (Å²) in [6, 6.07) is 5.11. The fourth-order valence-corrected chi connectivity index (χ4v) is 4.37. The van der Waals surface area contributed by atoms with E-state index in [4.69, 9.17) is 28.4 Å². The van der Waals surface area contributed by atoms with E-state index >= 15 is 0 Å². The molecule has 1 aromatic carbocycles. The van der Waals surface area contributed by atoms with Crippen molar-refractivity contribution in [1.29, 1.82) is 0 Å². The van der Waals surface area contributed by atoms with Crippen molar-refractivity contribution in [3.63, 3.8) is 0 Å². The number of carbonyl (C=O) groups is 4. The van der Waals surface area contributed by atoms with Crippen LogP contribution in [0.25, 0.3) is 0 Å². The third-order valence-electron chi connectivity index (χ3n) is 5.86. The molecular formula is C23H25NO10. The van der Waals surface area contributed by atoms with E-state index < -0.39 is 60.2 Å². The summed E-state index contributed by atoms with van der Waals surface area (Å²) < 4.78 is 33.6. The first-order chi connectivity index (χ1) is 16.2. The Morgan fingerprint density at radius 1 is 1.24 bits per heavy atom. The maximum Gasteiger partial charge on any atom is 0.366 e. The largest absolute Gasteiger partial charge is 0.465 e. The van der Waals surface area contributed by atoms with Crippen molar-refractivity contribution < 1.29 is 47.6 Å². The lowest BCUT2D eigenvalue weighted by atomic mass is 9.93. The van der Waals surface area contributed by atoms with Gasteiger partial charge in [-0.1, -0.05) is 18.2 Å². The van der Waals surface area contributed by atoms with Crippen LogP contribution >= 0.6 is 0 Å². The third kappa shape index (κ3) is 4.00. The monoisotopic (exact) mass is 475 g/mol. The van der Waals surface area contributed by atoms with Gasteiger partial charge in [0.05, 0.1) is 31.5 Å². The Kier molecular flexibility index (Phi) is 6.54. The Morgan fingerprint density at radius 2 is 1.88 bits per heavy atom. The van der Waals surface area contributed by atoms with E-state index in [2.05, 4.69) is 6.58 Å². The molecule has 3 heterocycles. The second-order valence-electron chi connectivity index (χ2n) is 8.09. The second kappa shape index (κ2) is 9.26. The Morgan fingerprint density at radius 3 is 2.44 bits per heavy atom. The molecule has 2 fully saturated rings. The van der Waals surface area contributed by atoms with Crippen molar-refractivity contribution in [3.8, 4) is 0 Å². The SMILES string of the molecule is C=CCO[C@@H]1O[C@@H]2COC(C)(C(=O)OC)O[C@H]2[C@H](OC(C)=O)[C@H]1N1C(=O)c2ccccc2C1=O. The van der Waals surface area contributed by atoms with Crippen LogP contribution < -0.4 is 0 Å². The molecule has 6 atom stereocenters. The Bertz CT molecular complexity index is 990. The van der Waals surface area contributed by atoms with Crippen LogP contribution in [0.2, 0.25) is 0 Å².